The molecule has 0 saturated heterocycles. The van der Waals surface area contributed by atoms with E-state index in [2.05, 4.69) is 15.5 Å². The van der Waals surface area contributed by atoms with Crippen molar-refractivity contribution in [1.29, 1.82) is 0 Å². The third kappa shape index (κ3) is 5.56. The number of carbonyl (C=O) groups excluding carboxylic acids is 2. The van der Waals surface area contributed by atoms with Crippen molar-refractivity contribution in [3.8, 4) is 0 Å². The van der Waals surface area contributed by atoms with E-state index in [1.807, 2.05) is 13.8 Å². The molecule has 0 bridgehead atoms. The number of nitrogens with zero attached hydrogens (tertiary/aromatic N) is 2. The van der Waals surface area contributed by atoms with E-state index in [0.717, 1.165) is 5.01 Å². The van der Waals surface area contributed by atoms with Crippen LogP contribution in [0.15, 0.2) is 0 Å². The average molecular weight is 303 g/mol. The van der Waals surface area contributed by atoms with Crippen LogP contribution in [0.1, 0.15) is 25.3 Å². The summed E-state index contributed by atoms with van der Waals surface area (Å²) in [5.41, 5.74) is 0. The second-order valence-corrected chi connectivity index (χ2v) is 6.00. The molecule has 0 aliphatic heterocycles. The van der Waals surface area contributed by atoms with Crippen LogP contribution in [-0.4, -0.2) is 39.7 Å². The molecule has 0 fully saturated rings. The predicted octanol–water partition coefficient (Wildman–Crippen LogP) is 1.86. The highest BCUT2D eigenvalue weighted by Crippen LogP contribution is 2.19. The maximum atomic E-state index is 12.0. The number of aryl methyl sites for hydroxylation is 1. The Morgan fingerprint density at radius 3 is 2.68 bits per heavy atom. The van der Waals surface area contributed by atoms with Gasteiger partial charge in [-0.1, -0.05) is 18.3 Å². The minimum Gasteiger partial charge on any atom is -0.465 e. The fourth-order valence-electron chi connectivity index (χ4n) is 1.28. The first-order valence-electron chi connectivity index (χ1n) is 5.95. The SMILES string of the molecule is CCOC(=O)CS[C@H](CC)C(=O)Nc1nnc(C)s1. The minimum atomic E-state index is -0.300. The van der Waals surface area contributed by atoms with Crippen molar-refractivity contribution < 1.29 is 14.3 Å². The summed E-state index contributed by atoms with van der Waals surface area (Å²) in [6, 6.07) is 0. The lowest BCUT2D eigenvalue weighted by Gasteiger charge is -2.12. The Morgan fingerprint density at radius 1 is 1.42 bits per heavy atom. The van der Waals surface area contributed by atoms with Gasteiger partial charge in [-0.15, -0.1) is 22.0 Å². The van der Waals surface area contributed by atoms with Gasteiger partial charge in [0.25, 0.3) is 0 Å². The molecule has 19 heavy (non-hydrogen) atoms. The highest BCUT2D eigenvalue weighted by Gasteiger charge is 2.20. The lowest BCUT2D eigenvalue weighted by atomic mass is 10.3. The Bertz CT molecular complexity index is 437. The summed E-state index contributed by atoms with van der Waals surface area (Å²) in [6.45, 7) is 5.82. The van der Waals surface area contributed by atoms with Crippen LogP contribution in [0.3, 0.4) is 0 Å². The molecule has 0 radical (unpaired) electrons. The van der Waals surface area contributed by atoms with Crippen LogP contribution in [0, 0.1) is 6.92 Å². The van der Waals surface area contributed by atoms with Crippen molar-refractivity contribution in [3.05, 3.63) is 5.01 Å². The molecule has 0 saturated carbocycles. The van der Waals surface area contributed by atoms with E-state index in [1.54, 1.807) is 6.92 Å². The average Bonchev–Trinajstić information content (AvgIpc) is 2.76. The summed E-state index contributed by atoms with van der Waals surface area (Å²) in [5.74, 6) is -0.284. The molecular weight excluding hydrogens is 286 g/mol. The number of aromatic nitrogens is 2. The van der Waals surface area contributed by atoms with E-state index in [-0.39, 0.29) is 22.9 Å². The Kier molecular flexibility index (Phi) is 6.79. The molecular formula is C11H17N3O3S2. The third-order valence-corrected chi connectivity index (χ3v) is 4.23. The predicted molar refractivity (Wildman–Crippen MR) is 76.4 cm³/mol. The van der Waals surface area contributed by atoms with Crippen molar-refractivity contribution >= 4 is 40.1 Å². The lowest BCUT2D eigenvalue weighted by Crippen LogP contribution is -2.26. The van der Waals surface area contributed by atoms with E-state index in [9.17, 15) is 9.59 Å². The van der Waals surface area contributed by atoms with Gasteiger partial charge in [0.15, 0.2) is 0 Å². The molecule has 1 aromatic heterocycles. The second kappa shape index (κ2) is 8.11. The Balaban J connectivity index is 2.45. The number of carbonyl (C=O) groups is 2. The molecule has 1 heterocycles. The summed E-state index contributed by atoms with van der Waals surface area (Å²) in [6.07, 6.45) is 0.633. The van der Waals surface area contributed by atoms with Crippen molar-refractivity contribution in [2.75, 3.05) is 17.7 Å². The van der Waals surface area contributed by atoms with Gasteiger partial charge in [0.2, 0.25) is 11.0 Å². The number of amides is 1. The van der Waals surface area contributed by atoms with Gasteiger partial charge in [0, 0.05) is 0 Å². The van der Waals surface area contributed by atoms with Crippen LogP contribution in [0.2, 0.25) is 0 Å². The Hall–Kier alpha value is -1.15. The molecule has 0 aliphatic carbocycles. The van der Waals surface area contributed by atoms with Crippen LogP contribution in [0.5, 0.6) is 0 Å². The first kappa shape index (κ1) is 15.9. The quantitative estimate of drug-likeness (QED) is 0.774. The fourth-order valence-corrected chi connectivity index (χ4v) is 2.74. The molecule has 0 aliphatic rings. The number of anilines is 1. The zero-order valence-corrected chi connectivity index (χ0v) is 12.8. The van der Waals surface area contributed by atoms with E-state index in [1.165, 1.54) is 23.1 Å². The van der Waals surface area contributed by atoms with Crippen molar-refractivity contribution in [1.82, 2.24) is 10.2 Å². The first-order chi connectivity index (χ1) is 9.06. The fraction of sp³-hybridized carbons (Fsp3) is 0.636. The van der Waals surface area contributed by atoms with Gasteiger partial charge in [0.05, 0.1) is 17.6 Å². The molecule has 0 aromatic carbocycles. The van der Waals surface area contributed by atoms with Gasteiger partial charge in [-0.2, -0.15) is 0 Å². The van der Waals surface area contributed by atoms with E-state index in [0.29, 0.717) is 18.2 Å². The minimum absolute atomic E-state index is 0.159. The summed E-state index contributed by atoms with van der Waals surface area (Å²) in [7, 11) is 0. The lowest BCUT2D eigenvalue weighted by molar-refractivity contribution is -0.139. The summed E-state index contributed by atoms with van der Waals surface area (Å²) in [4.78, 5) is 23.2. The molecule has 6 nitrogen and oxygen atoms in total. The van der Waals surface area contributed by atoms with Crippen LogP contribution in [0.4, 0.5) is 5.13 Å². The molecule has 106 valence electrons. The van der Waals surface area contributed by atoms with Crippen molar-refractivity contribution in [3.63, 3.8) is 0 Å². The smallest absolute Gasteiger partial charge is 0.315 e. The Labute approximate surface area is 120 Å². The van der Waals surface area contributed by atoms with E-state index in [4.69, 9.17) is 4.74 Å². The van der Waals surface area contributed by atoms with Gasteiger partial charge >= 0.3 is 5.97 Å². The molecule has 1 amide bonds. The molecule has 1 atom stereocenters. The topological polar surface area (TPSA) is 81.2 Å². The summed E-state index contributed by atoms with van der Waals surface area (Å²) < 4.78 is 4.83. The number of hydrogen-bond donors (Lipinski definition) is 1. The van der Waals surface area contributed by atoms with Gasteiger partial charge < -0.3 is 4.74 Å². The normalized spacial score (nSPS) is 11.9. The number of thioether (sulfide) groups is 1. The summed E-state index contributed by atoms with van der Waals surface area (Å²) in [5, 5.41) is 11.3. The van der Waals surface area contributed by atoms with Crippen LogP contribution in [-0.2, 0) is 14.3 Å². The maximum absolute atomic E-state index is 12.0. The van der Waals surface area contributed by atoms with Gasteiger partial charge in [-0.05, 0) is 20.3 Å². The van der Waals surface area contributed by atoms with E-state index < -0.39 is 0 Å². The molecule has 0 unspecified atom stereocenters. The largest absolute Gasteiger partial charge is 0.465 e. The molecule has 8 heteroatoms. The van der Waals surface area contributed by atoms with Crippen LogP contribution in [0.25, 0.3) is 0 Å². The van der Waals surface area contributed by atoms with Gasteiger partial charge in [-0.25, -0.2) is 0 Å². The van der Waals surface area contributed by atoms with E-state index >= 15 is 0 Å². The van der Waals surface area contributed by atoms with Crippen molar-refractivity contribution in [2.45, 2.75) is 32.4 Å². The highest BCUT2D eigenvalue weighted by atomic mass is 32.2. The molecule has 0 spiro atoms. The Morgan fingerprint density at radius 2 is 2.16 bits per heavy atom. The molecule has 1 N–H and O–H groups in total. The van der Waals surface area contributed by atoms with Gasteiger partial charge in [0.1, 0.15) is 5.01 Å². The number of rotatable bonds is 7. The maximum Gasteiger partial charge on any atom is 0.315 e. The standard InChI is InChI=1S/C11H17N3O3S2/c1-4-8(18-6-9(15)17-5-2)10(16)12-11-14-13-7(3)19-11/h8H,4-6H2,1-3H3,(H,12,14,16)/t8-/m1/s1. The number of esters is 1. The monoisotopic (exact) mass is 303 g/mol. The third-order valence-electron chi connectivity index (χ3n) is 2.13. The van der Waals surface area contributed by atoms with Crippen LogP contribution >= 0.6 is 23.1 Å². The number of nitrogens with one attached hydrogen (secondary N) is 1. The highest BCUT2D eigenvalue weighted by molar-refractivity contribution is 8.01. The number of hydrogen-bond acceptors (Lipinski definition) is 7. The van der Waals surface area contributed by atoms with Crippen molar-refractivity contribution in [2.24, 2.45) is 0 Å². The first-order valence-corrected chi connectivity index (χ1v) is 7.81. The number of ether oxygens (including phenoxy) is 1. The van der Waals surface area contributed by atoms with Crippen LogP contribution < -0.4 is 5.32 Å². The zero-order valence-electron chi connectivity index (χ0n) is 11.1. The zero-order chi connectivity index (χ0) is 14.3. The second-order valence-electron chi connectivity index (χ2n) is 3.63. The summed E-state index contributed by atoms with van der Waals surface area (Å²) >= 11 is 2.60. The van der Waals surface area contributed by atoms with Gasteiger partial charge in [-0.3, -0.25) is 14.9 Å². The molecule has 1 aromatic rings. The molecule has 1 rings (SSSR count).